The summed E-state index contributed by atoms with van der Waals surface area (Å²) in [5, 5.41) is 7.37. The summed E-state index contributed by atoms with van der Waals surface area (Å²) in [7, 11) is 2.12. The van der Waals surface area contributed by atoms with Gasteiger partial charge in [0.05, 0.1) is 18.8 Å². The summed E-state index contributed by atoms with van der Waals surface area (Å²) in [4.78, 5) is 28.9. The minimum absolute atomic E-state index is 0.0350. The highest BCUT2D eigenvalue weighted by molar-refractivity contribution is 5.94. The molecule has 4 rings (SSSR count). The van der Waals surface area contributed by atoms with E-state index >= 15 is 0 Å². The zero-order valence-corrected chi connectivity index (χ0v) is 16.3. The molecule has 2 aliphatic rings. The molecule has 1 aromatic heterocycles. The molecule has 28 heavy (non-hydrogen) atoms. The Morgan fingerprint density at radius 1 is 1.18 bits per heavy atom. The Balaban J connectivity index is 1.35. The van der Waals surface area contributed by atoms with E-state index in [0.717, 1.165) is 31.5 Å². The number of nitrogens with one attached hydrogen (secondary N) is 1. The molecule has 0 saturated carbocycles. The minimum Gasteiger partial charge on any atom is -0.333 e. The van der Waals surface area contributed by atoms with E-state index in [1.54, 1.807) is 11.1 Å². The summed E-state index contributed by atoms with van der Waals surface area (Å²) in [6, 6.07) is 12.2. The molecule has 0 radical (unpaired) electrons. The number of hydrogen-bond acceptors (Lipinski definition) is 4. The van der Waals surface area contributed by atoms with Crippen LogP contribution in [0.1, 0.15) is 36.8 Å². The number of piperidine rings is 1. The van der Waals surface area contributed by atoms with Gasteiger partial charge in [-0.1, -0.05) is 30.3 Å². The van der Waals surface area contributed by atoms with E-state index in [1.807, 2.05) is 41.1 Å². The van der Waals surface area contributed by atoms with Crippen molar-refractivity contribution in [2.45, 2.75) is 31.2 Å². The van der Waals surface area contributed by atoms with E-state index in [2.05, 4.69) is 22.4 Å². The van der Waals surface area contributed by atoms with Gasteiger partial charge in [-0.25, -0.2) is 4.68 Å². The van der Waals surface area contributed by atoms with Crippen LogP contribution in [0.15, 0.2) is 42.6 Å². The lowest BCUT2D eigenvalue weighted by Gasteiger charge is -2.30. The quantitative estimate of drug-likeness (QED) is 0.861. The molecule has 2 aliphatic heterocycles. The lowest BCUT2D eigenvalue weighted by molar-refractivity contribution is -0.131. The summed E-state index contributed by atoms with van der Waals surface area (Å²) < 4.78 is 1.92. The van der Waals surface area contributed by atoms with Gasteiger partial charge in [0.25, 0.3) is 0 Å². The first-order chi connectivity index (χ1) is 13.6. The predicted octanol–water partition coefficient (Wildman–Crippen LogP) is 2.10. The van der Waals surface area contributed by atoms with Crippen LogP contribution in [0, 0.1) is 0 Å². The zero-order valence-electron chi connectivity index (χ0n) is 16.3. The van der Waals surface area contributed by atoms with Gasteiger partial charge in [-0.15, -0.1) is 0 Å². The van der Waals surface area contributed by atoms with Crippen LogP contribution in [-0.4, -0.2) is 64.6 Å². The average molecular weight is 381 g/mol. The van der Waals surface area contributed by atoms with Crippen molar-refractivity contribution in [2.75, 3.05) is 38.5 Å². The second-order valence-electron chi connectivity index (χ2n) is 7.83. The van der Waals surface area contributed by atoms with Gasteiger partial charge in [0, 0.05) is 24.9 Å². The third kappa shape index (κ3) is 4.09. The van der Waals surface area contributed by atoms with E-state index in [-0.39, 0.29) is 24.3 Å². The third-order valence-electron chi connectivity index (χ3n) is 5.79. The Hall–Kier alpha value is -2.67. The van der Waals surface area contributed by atoms with Crippen molar-refractivity contribution in [1.29, 1.82) is 0 Å². The summed E-state index contributed by atoms with van der Waals surface area (Å²) in [5.41, 5.74) is 1.15. The van der Waals surface area contributed by atoms with Crippen LogP contribution in [0.2, 0.25) is 0 Å². The van der Waals surface area contributed by atoms with E-state index in [1.165, 1.54) is 0 Å². The molecular weight excluding hydrogens is 354 g/mol. The lowest BCUT2D eigenvalue weighted by Crippen LogP contribution is -2.35. The van der Waals surface area contributed by atoms with Crippen molar-refractivity contribution in [3.8, 4) is 0 Å². The molecular formula is C21H27N5O2. The van der Waals surface area contributed by atoms with E-state index in [4.69, 9.17) is 0 Å². The van der Waals surface area contributed by atoms with Crippen molar-refractivity contribution in [3.05, 3.63) is 48.2 Å². The van der Waals surface area contributed by atoms with Crippen LogP contribution >= 0.6 is 0 Å². The smallest absolute Gasteiger partial charge is 0.245 e. The number of likely N-dealkylation sites (tertiary alicyclic amines) is 2. The highest BCUT2D eigenvalue weighted by Crippen LogP contribution is 2.28. The predicted molar refractivity (Wildman–Crippen MR) is 107 cm³/mol. The second-order valence-corrected chi connectivity index (χ2v) is 7.83. The van der Waals surface area contributed by atoms with Crippen LogP contribution in [0.4, 0.5) is 5.82 Å². The van der Waals surface area contributed by atoms with Crippen molar-refractivity contribution in [3.63, 3.8) is 0 Å². The topological polar surface area (TPSA) is 70.5 Å². The van der Waals surface area contributed by atoms with Crippen molar-refractivity contribution in [1.82, 2.24) is 19.6 Å². The Morgan fingerprint density at radius 3 is 2.68 bits per heavy atom. The maximum absolute atomic E-state index is 12.6. The van der Waals surface area contributed by atoms with Gasteiger partial charge in [-0.05, 0) is 38.5 Å². The number of aromatic nitrogens is 2. The van der Waals surface area contributed by atoms with Gasteiger partial charge >= 0.3 is 0 Å². The van der Waals surface area contributed by atoms with E-state index in [0.29, 0.717) is 24.8 Å². The number of carbonyl (C=O) groups excluding carboxylic acids is 2. The maximum Gasteiger partial charge on any atom is 0.245 e. The van der Waals surface area contributed by atoms with Crippen LogP contribution in [0.25, 0.3) is 0 Å². The zero-order chi connectivity index (χ0) is 19.5. The molecule has 7 nitrogen and oxygen atoms in total. The Kier molecular flexibility index (Phi) is 5.43. The third-order valence-corrected chi connectivity index (χ3v) is 5.79. The molecule has 148 valence electrons. The fourth-order valence-electron chi connectivity index (χ4n) is 4.17. The van der Waals surface area contributed by atoms with Gasteiger partial charge in [0.2, 0.25) is 11.8 Å². The molecule has 2 amide bonds. The highest BCUT2D eigenvalue weighted by atomic mass is 16.2. The van der Waals surface area contributed by atoms with Gasteiger partial charge in [-0.2, -0.15) is 5.10 Å². The van der Waals surface area contributed by atoms with Crippen molar-refractivity contribution < 1.29 is 9.59 Å². The molecule has 1 unspecified atom stereocenters. The number of amides is 2. The fourth-order valence-corrected chi connectivity index (χ4v) is 4.17. The largest absolute Gasteiger partial charge is 0.333 e. The molecule has 2 fully saturated rings. The molecule has 2 saturated heterocycles. The summed E-state index contributed by atoms with van der Waals surface area (Å²) in [6.45, 7) is 2.73. The van der Waals surface area contributed by atoms with Gasteiger partial charge < -0.3 is 15.1 Å². The molecule has 1 N–H and O–H groups in total. The maximum atomic E-state index is 12.6. The molecule has 0 aliphatic carbocycles. The molecule has 0 bridgehead atoms. The molecule has 1 aromatic carbocycles. The average Bonchev–Trinajstić information content (AvgIpc) is 3.30. The summed E-state index contributed by atoms with van der Waals surface area (Å²) in [6.07, 6.45) is 4.22. The Bertz CT molecular complexity index is 826. The standard InChI is InChI=1S/C21H27N5O2/c1-24-11-8-18(9-12-24)26-19(7-10-22-26)23-20(27)15-25-14-17(13-21(25)28)16-5-3-2-4-6-16/h2-7,10,17-18H,8-9,11-15H2,1H3,(H,23,27). The van der Waals surface area contributed by atoms with Gasteiger partial charge in [-0.3, -0.25) is 9.59 Å². The Morgan fingerprint density at radius 2 is 1.93 bits per heavy atom. The number of rotatable bonds is 5. The van der Waals surface area contributed by atoms with Crippen molar-refractivity contribution in [2.24, 2.45) is 0 Å². The SMILES string of the molecule is CN1CCC(n2nccc2NC(=O)CN2CC(c3ccccc3)CC2=O)CC1. The monoisotopic (exact) mass is 381 g/mol. The minimum atomic E-state index is -0.170. The number of carbonyl (C=O) groups is 2. The molecule has 7 heteroatoms. The van der Waals surface area contributed by atoms with Crippen LogP contribution in [0.5, 0.6) is 0 Å². The summed E-state index contributed by atoms with van der Waals surface area (Å²) >= 11 is 0. The van der Waals surface area contributed by atoms with E-state index < -0.39 is 0 Å². The first kappa shape index (κ1) is 18.7. The van der Waals surface area contributed by atoms with Crippen LogP contribution < -0.4 is 5.32 Å². The molecule has 0 spiro atoms. The molecule has 2 aromatic rings. The molecule has 1 atom stereocenters. The lowest BCUT2D eigenvalue weighted by atomic mass is 9.99. The number of benzene rings is 1. The van der Waals surface area contributed by atoms with Gasteiger partial charge in [0.15, 0.2) is 0 Å². The molecule has 3 heterocycles. The summed E-state index contributed by atoms with van der Waals surface area (Å²) in [5.74, 6) is 0.738. The number of nitrogens with zero attached hydrogens (tertiary/aromatic N) is 4. The number of hydrogen-bond donors (Lipinski definition) is 1. The number of anilines is 1. The van der Waals surface area contributed by atoms with Crippen LogP contribution in [-0.2, 0) is 9.59 Å². The highest BCUT2D eigenvalue weighted by Gasteiger charge is 2.32. The fraction of sp³-hybridized carbons (Fsp3) is 0.476. The van der Waals surface area contributed by atoms with E-state index in [9.17, 15) is 9.59 Å². The van der Waals surface area contributed by atoms with Gasteiger partial charge in [0.1, 0.15) is 5.82 Å². The first-order valence-corrected chi connectivity index (χ1v) is 9.95. The Labute approximate surface area is 165 Å². The second kappa shape index (κ2) is 8.14. The first-order valence-electron chi connectivity index (χ1n) is 9.95. The normalized spacial score (nSPS) is 21.2. The van der Waals surface area contributed by atoms with Crippen LogP contribution in [0.3, 0.4) is 0 Å². The van der Waals surface area contributed by atoms with Crippen molar-refractivity contribution >= 4 is 17.6 Å².